The van der Waals surface area contributed by atoms with E-state index in [1.807, 2.05) is 12.1 Å². The predicted octanol–water partition coefficient (Wildman–Crippen LogP) is 2.29. The highest BCUT2D eigenvalue weighted by molar-refractivity contribution is 5.73. The van der Waals surface area contributed by atoms with Gasteiger partial charge in [-0.2, -0.15) is 0 Å². The quantitative estimate of drug-likeness (QED) is 0.810. The average Bonchev–Trinajstić information content (AvgIpc) is 2.97. The van der Waals surface area contributed by atoms with Gasteiger partial charge in [-0.05, 0) is 19.8 Å². The van der Waals surface area contributed by atoms with Crippen molar-refractivity contribution in [3.63, 3.8) is 0 Å². The third-order valence-corrected chi connectivity index (χ3v) is 3.70. The Morgan fingerprint density at radius 2 is 2.00 bits per heavy atom. The number of nitrogens with zero attached hydrogens (tertiary/aromatic N) is 1. The molecular formula is C15H24N2O3. The van der Waals surface area contributed by atoms with Crippen molar-refractivity contribution in [2.75, 3.05) is 44.5 Å². The molecule has 1 atom stereocenters. The summed E-state index contributed by atoms with van der Waals surface area (Å²) in [4.78, 5) is 2.23. The molecule has 0 saturated carbocycles. The lowest BCUT2D eigenvalue weighted by Gasteiger charge is -2.28. The van der Waals surface area contributed by atoms with Gasteiger partial charge in [-0.15, -0.1) is 0 Å². The smallest absolute Gasteiger partial charge is 0.162 e. The van der Waals surface area contributed by atoms with Crippen LogP contribution in [0.3, 0.4) is 0 Å². The fourth-order valence-electron chi connectivity index (χ4n) is 2.59. The topological polar surface area (TPSA) is 57.0 Å². The molecule has 1 aromatic carbocycles. The van der Waals surface area contributed by atoms with E-state index in [4.69, 9.17) is 19.9 Å². The molecule has 2 rings (SSSR count). The van der Waals surface area contributed by atoms with Crippen molar-refractivity contribution in [1.29, 1.82) is 0 Å². The van der Waals surface area contributed by atoms with E-state index in [9.17, 15) is 0 Å². The summed E-state index contributed by atoms with van der Waals surface area (Å²) in [7, 11) is 3.25. The Labute approximate surface area is 120 Å². The summed E-state index contributed by atoms with van der Waals surface area (Å²) in [6.45, 7) is 4.71. The molecule has 1 aliphatic heterocycles. The van der Waals surface area contributed by atoms with Gasteiger partial charge >= 0.3 is 0 Å². The average molecular weight is 280 g/mol. The van der Waals surface area contributed by atoms with Crippen molar-refractivity contribution < 1.29 is 14.2 Å². The molecule has 0 bridgehead atoms. The minimum atomic E-state index is 0.294. The maximum atomic E-state index is 6.15. The highest BCUT2D eigenvalue weighted by Gasteiger charge is 2.21. The Morgan fingerprint density at radius 1 is 1.30 bits per heavy atom. The zero-order chi connectivity index (χ0) is 14.5. The summed E-state index contributed by atoms with van der Waals surface area (Å²) in [6, 6.07) is 3.75. The highest BCUT2D eigenvalue weighted by Crippen LogP contribution is 2.37. The molecule has 0 aliphatic carbocycles. The molecule has 0 aromatic heterocycles. The lowest BCUT2D eigenvalue weighted by molar-refractivity contribution is 0.116. The van der Waals surface area contributed by atoms with Crippen molar-refractivity contribution in [1.82, 2.24) is 0 Å². The fraction of sp³-hybridized carbons (Fsp3) is 0.600. The number of ether oxygens (including phenoxy) is 3. The van der Waals surface area contributed by atoms with E-state index in [0.29, 0.717) is 23.3 Å². The van der Waals surface area contributed by atoms with E-state index in [2.05, 4.69) is 11.8 Å². The number of nitrogen functional groups attached to an aromatic ring is 1. The Bertz CT molecular complexity index is 445. The second-order valence-corrected chi connectivity index (χ2v) is 4.94. The number of hydrogen-bond donors (Lipinski definition) is 1. The summed E-state index contributed by atoms with van der Waals surface area (Å²) in [5, 5.41) is 0. The molecule has 0 radical (unpaired) electrons. The summed E-state index contributed by atoms with van der Waals surface area (Å²) in [6.07, 6.45) is 2.55. The Hall–Kier alpha value is -1.62. The van der Waals surface area contributed by atoms with Crippen LogP contribution in [0.1, 0.15) is 19.8 Å². The van der Waals surface area contributed by atoms with E-state index in [-0.39, 0.29) is 0 Å². The van der Waals surface area contributed by atoms with Crippen molar-refractivity contribution in [2.45, 2.75) is 25.9 Å². The third-order valence-electron chi connectivity index (χ3n) is 3.70. The van der Waals surface area contributed by atoms with Crippen LogP contribution >= 0.6 is 0 Å². The normalized spacial score (nSPS) is 18.1. The maximum absolute atomic E-state index is 6.15. The van der Waals surface area contributed by atoms with Gasteiger partial charge in [0.1, 0.15) is 0 Å². The van der Waals surface area contributed by atoms with Crippen LogP contribution in [-0.4, -0.2) is 40.0 Å². The highest BCUT2D eigenvalue weighted by atomic mass is 16.5. The van der Waals surface area contributed by atoms with Gasteiger partial charge in [0.15, 0.2) is 11.5 Å². The molecule has 1 fully saturated rings. The first-order valence-corrected chi connectivity index (χ1v) is 7.07. The zero-order valence-electron chi connectivity index (χ0n) is 12.5. The van der Waals surface area contributed by atoms with Crippen molar-refractivity contribution in [3.05, 3.63) is 12.1 Å². The SMILES string of the molecule is CCN(CC1CCCO1)c1cc(OC)c(OC)cc1N. The van der Waals surface area contributed by atoms with Crippen molar-refractivity contribution >= 4 is 11.4 Å². The number of likely N-dealkylation sites (N-methyl/N-ethyl adjacent to an activating group) is 1. The number of methoxy groups -OCH3 is 2. The summed E-state index contributed by atoms with van der Waals surface area (Å²) < 4.78 is 16.3. The van der Waals surface area contributed by atoms with Crippen molar-refractivity contribution in [3.8, 4) is 11.5 Å². The second-order valence-electron chi connectivity index (χ2n) is 4.94. The van der Waals surface area contributed by atoms with Crippen LogP contribution in [0.5, 0.6) is 11.5 Å². The predicted molar refractivity (Wildman–Crippen MR) is 80.8 cm³/mol. The first-order valence-electron chi connectivity index (χ1n) is 7.07. The number of hydrogen-bond acceptors (Lipinski definition) is 5. The molecular weight excluding hydrogens is 256 g/mol. The second kappa shape index (κ2) is 6.70. The zero-order valence-corrected chi connectivity index (χ0v) is 12.5. The molecule has 1 aliphatic rings. The van der Waals surface area contributed by atoms with Crippen LogP contribution < -0.4 is 20.1 Å². The Balaban J connectivity index is 2.23. The van der Waals surface area contributed by atoms with E-state index in [1.165, 1.54) is 0 Å². The molecule has 5 heteroatoms. The first-order chi connectivity index (χ1) is 9.69. The van der Waals surface area contributed by atoms with Crippen molar-refractivity contribution in [2.24, 2.45) is 0 Å². The van der Waals surface area contributed by atoms with E-state index < -0.39 is 0 Å². The monoisotopic (exact) mass is 280 g/mol. The lowest BCUT2D eigenvalue weighted by atomic mass is 10.1. The van der Waals surface area contributed by atoms with E-state index in [0.717, 1.165) is 38.2 Å². The Kier molecular flexibility index (Phi) is 4.95. The van der Waals surface area contributed by atoms with Gasteiger partial charge in [-0.3, -0.25) is 0 Å². The van der Waals surface area contributed by atoms with Gasteiger partial charge in [0.05, 0.1) is 31.7 Å². The van der Waals surface area contributed by atoms with Gasteiger partial charge in [0.2, 0.25) is 0 Å². The van der Waals surface area contributed by atoms with E-state index >= 15 is 0 Å². The molecule has 0 spiro atoms. The number of anilines is 2. The Morgan fingerprint density at radius 3 is 2.55 bits per heavy atom. The fourth-order valence-corrected chi connectivity index (χ4v) is 2.59. The minimum absolute atomic E-state index is 0.294. The molecule has 112 valence electrons. The number of benzene rings is 1. The van der Waals surface area contributed by atoms with Gasteiger partial charge in [-0.1, -0.05) is 0 Å². The maximum Gasteiger partial charge on any atom is 0.162 e. The first kappa shape index (κ1) is 14.8. The summed E-state index contributed by atoms with van der Waals surface area (Å²) in [5.74, 6) is 1.35. The standard InChI is InChI=1S/C15H24N2O3/c1-4-17(10-11-6-5-7-20-11)13-9-15(19-3)14(18-2)8-12(13)16/h8-9,11H,4-7,10,16H2,1-3H3. The largest absolute Gasteiger partial charge is 0.493 e. The van der Waals surface area contributed by atoms with Gasteiger partial charge in [0, 0.05) is 31.8 Å². The molecule has 5 nitrogen and oxygen atoms in total. The molecule has 20 heavy (non-hydrogen) atoms. The molecule has 1 aromatic rings. The number of nitrogens with two attached hydrogens (primary N) is 1. The van der Waals surface area contributed by atoms with Crippen LogP contribution in [0.2, 0.25) is 0 Å². The molecule has 2 N–H and O–H groups in total. The van der Waals surface area contributed by atoms with Gasteiger partial charge < -0.3 is 24.8 Å². The molecule has 0 amide bonds. The van der Waals surface area contributed by atoms with E-state index in [1.54, 1.807) is 14.2 Å². The van der Waals surface area contributed by atoms with Crippen LogP contribution in [0.4, 0.5) is 11.4 Å². The van der Waals surface area contributed by atoms with Crippen LogP contribution in [-0.2, 0) is 4.74 Å². The number of rotatable bonds is 6. The molecule has 1 saturated heterocycles. The third kappa shape index (κ3) is 3.10. The summed E-state index contributed by atoms with van der Waals surface area (Å²) >= 11 is 0. The van der Waals surface area contributed by atoms with Gasteiger partial charge in [0.25, 0.3) is 0 Å². The minimum Gasteiger partial charge on any atom is -0.493 e. The van der Waals surface area contributed by atoms with Gasteiger partial charge in [-0.25, -0.2) is 0 Å². The van der Waals surface area contributed by atoms with Crippen LogP contribution in [0.25, 0.3) is 0 Å². The van der Waals surface area contributed by atoms with Crippen LogP contribution in [0, 0.1) is 0 Å². The summed E-state index contributed by atoms with van der Waals surface area (Å²) in [5.41, 5.74) is 7.82. The lowest BCUT2D eigenvalue weighted by Crippen LogP contribution is -2.32. The molecule has 1 heterocycles. The molecule has 1 unspecified atom stereocenters. The van der Waals surface area contributed by atoms with Crippen LogP contribution in [0.15, 0.2) is 12.1 Å².